The van der Waals surface area contributed by atoms with Gasteiger partial charge in [-0.2, -0.15) is 0 Å². The van der Waals surface area contributed by atoms with Crippen molar-refractivity contribution in [1.29, 1.82) is 0 Å². The number of carbonyl (C=O) groups excluding carboxylic acids is 1. The van der Waals surface area contributed by atoms with Crippen LogP contribution in [0.2, 0.25) is 0 Å². The molecule has 0 radical (unpaired) electrons. The Morgan fingerprint density at radius 2 is 1.91 bits per heavy atom. The van der Waals surface area contributed by atoms with Crippen molar-refractivity contribution in [3.63, 3.8) is 0 Å². The predicted octanol–water partition coefficient (Wildman–Crippen LogP) is 2.56. The van der Waals surface area contributed by atoms with Gasteiger partial charge in [0.1, 0.15) is 24.0 Å². The zero-order valence-electron chi connectivity index (χ0n) is 14.0. The Bertz CT molecular complexity index is 532. The maximum atomic E-state index is 12.1. The highest BCUT2D eigenvalue weighted by Gasteiger charge is 2.24. The van der Waals surface area contributed by atoms with Crippen LogP contribution >= 0.6 is 0 Å². The molecule has 0 heterocycles. The van der Waals surface area contributed by atoms with E-state index in [9.17, 15) is 4.79 Å². The third kappa shape index (κ3) is 6.64. The van der Waals surface area contributed by atoms with Crippen LogP contribution in [0.15, 0.2) is 24.3 Å². The molecular formula is C18H25NO3. The summed E-state index contributed by atoms with van der Waals surface area (Å²) in [4.78, 5) is 12.1. The molecule has 4 heteroatoms. The van der Waals surface area contributed by atoms with E-state index in [1.54, 1.807) is 14.0 Å². The summed E-state index contributed by atoms with van der Waals surface area (Å²) in [6.07, 6.45) is 0.570. The molecule has 0 aliphatic heterocycles. The standard InChI is InChI=1S/C18H25NO3/c1-6-7-12-21-15-10-8-14(9-11-15)13-16(19-5)17(20)22-18(2,3)4/h8-11,16,19H,12-13H2,1-5H3/t16-/m0/s1. The van der Waals surface area contributed by atoms with Crippen molar-refractivity contribution >= 4 is 5.97 Å². The molecule has 0 saturated carbocycles. The van der Waals surface area contributed by atoms with Gasteiger partial charge in [-0.05, 0) is 58.9 Å². The number of rotatable bonds is 6. The number of hydrogen-bond acceptors (Lipinski definition) is 4. The van der Waals surface area contributed by atoms with E-state index in [1.807, 2.05) is 45.0 Å². The first kappa shape index (κ1) is 18.1. The van der Waals surface area contributed by atoms with E-state index >= 15 is 0 Å². The molecule has 0 spiro atoms. The van der Waals surface area contributed by atoms with Gasteiger partial charge in [-0.25, -0.2) is 0 Å². The molecule has 0 amide bonds. The van der Waals surface area contributed by atoms with E-state index in [-0.39, 0.29) is 12.0 Å². The molecule has 1 atom stereocenters. The van der Waals surface area contributed by atoms with Crippen LogP contribution < -0.4 is 10.1 Å². The summed E-state index contributed by atoms with van der Waals surface area (Å²) in [5, 5.41) is 3.01. The molecule has 0 unspecified atom stereocenters. The quantitative estimate of drug-likeness (QED) is 0.648. The fourth-order valence-corrected chi connectivity index (χ4v) is 1.83. The lowest BCUT2D eigenvalue weighted by molar-refractivity contribution is -0.157. The molecule has 0 saturated heterocycles. The lowest BCUT2D eigenvalue weighted by atomic mass is 10.1. The van der Waals surface area contributed by atoms with Gasteiger partial charge >= 0.3 is 5.97 Å². The summed E-state index contributed by atoms with van der Waals surface area (Å²) in [5.41, 5.74) is 0.559. The largest absolute Gasteiger partial charge is 0.481 e. The monoisotopic (exact) mass is 303 g/mol. The molecule has 1 N–H and O–H groups in total. The molecule has 1 aromatic carbocycles. The Kier molecular flexibility index (Phi) is 6.94. The summed E-state index contributed by atoms with van der Waals surface area (Å²) in [6, 6.07) is 7.30. The van der Waals surface area contributed by atoms with Crippen LogP contribution in [0.4, 0.5) is 0 Å². The second kappa shape index (κ2) is 8.45. The van der Waals surface area contributed by atoms with E-state index in [0.717, 1.165) is 11.3 Å². The molecule has 1 rings (SSSR count). The molecule has 22 heavy (non-hydrogen) atoms. The fraction of sp³-hybridized carbons (Fsp3) is 0.500. The summed E-state index contributed by atoms with van der Waals surface area (Å²) in [5.74, 6) is 6.15. The van der Waals surface area contributed by atoms with Gasteiger partial charge < -0.3 is 14.8 Å². The zero-order chi connectivity index (χ0) is 16.6. The second-order valence-corrected chi connectivity index (χ2v) is 5.94. The SMILES string of the molecule is CC#CCOc1ccc(C[C@H](NC)C(=O)OC(C)(C)C)cc1. The molecule has 4 nitrogen and oxygen atoms in total. The van der Waals surface area contributed by atoms with Gasteiger partial charge in [-0.3, -0.25) is 4.79 Å². The van der Waals surface area contributed by atoms with Gasteiger partial charge in [0.05, 0.1) is 0 Å². The summed E-state index contributed by atoms with van der Waals surface area (Å²) >= 11 is 0. The van der Waals surface area contributed by atoms with Crippen LogP contribution in [0.1, 0.15) is 33.3 Å². The molecule has 120 valence electrons. The predicted molar refractivity (Wildman–Crippen MR) is 87.8 cm³/mol. The van der Waals surface area contributed by atoms with E-state index in [1.165, 1.54) is 0 Å². The number of ether oxygens (including phenoxy) is 2. The minimum atomic E-state index is -0.482. The number of nitrogens with one attached hydrogen (secondary N) is 1. The van der Waals surface area contributed by atoms with E-state index < -0.39 is 5.60 Å². The third-order valence-corrected chi connectivity index (χ3v) is 2.89. The maximum Gasteiger partial charge on any atom is 0.323 e. The van der Waals surface area contributed by atoms with Crippen molar-refractivity contribution in [1.82, 2.24) is 5.32 Å². The van der Waals surface area contributed by atoms with Crippen molar-refractivity contribution in [2.24, 2.45) is 0 Å². The lowest BCUT2D eigenvalue weighted by Gasteiger charge is -2.23. The van der Waals surface area contributed by atoms with Crippen LogP contribution in [-0.2, 0) is 16.0 Å². The average Bonchev–Trinajstić information content (AvgIpc) is 2.44. The number of carbonyl (C=O) groups is 1. The smallest absolute Gasteiger partial charge is 0.323 e. The summed E-state index contributed by atoms with van der Waals surface area (Å²) in [6.45, 7) is 7.75. The maximum absolute atomic E-state index is 12.1. The van der Waals surface area contributed by atoms with Gasteiger partial charge in [0.2, 0.25) is 0 Å². The Balaban J connectivity index is 2.63. The van der Waals surface area contributed by atoms with Gasteiger partial charge in [0.15, 0.2) is 0 Å². The average molecular weight is 303 g/mol. The Morgan fingerprint density at radius 3 is 2.41 bits per heavy atom. The van der Waals surface area contributed by atoms with Crippen LogP contribution in [-0.4, -0.2) is 31.3 Å². The Hall–Kier alpha value is -1.99. The molecule has 0 aliphatic carbocycles. The van der Waals surface area contributed by atoms with Gasteiger partial charge in [-0.1, -0.05) is 18.1 Å². The molecule has 0 aromatic heterocycles. The normalized spacial score (nSPS) is 12.0. The van der Waals surface area contributed by atoms with E-state index in [2.05, 4.69) is 17.2 Å². The number of benzene rings is 1. The molecule has 1 aromatic rings. The highest BCUT2D eigenvalue weighted by molar-refractivity contribution is 5.76. The van der Waals surface area contributed by atoms with Gasteiger partial charge in [0.25, 0.3) is 0 Å². The Morgan fingerprint density at radius 1 is 1.27 bits per heavy atom. The van der Waals surface area contributed by atoms with Crippen molar-refractivity contribution < 1.29 is 14.3 Å². The Labute approximate surface area is 133 Å². The molecule has 0 aliphatic rings. The van der Waals surface area contributed by atoms with Crippen LogP contribution in [0.5, 0.6) is 5.75 Å². The zero-order valence-corrected chi connectivity index (χ0v) is 14.0. The number of esters is 1. The minimum Gasteiger partial charge on any atom is -0.481 e. The second-order valence-electron chi connectivity index (χ2n) is 5.94. The van der Waals surface area contributed by atoms with Crippen molar-refractivity contribution in [3.8, 4) is 17.6 Å². The highest BCUT2D eigenvalue weighted by atomic mass is 16.6. The van der Waals surface area contributed by atoms with Gasteiger partial charge in [0, 0.05) is 0 Å². The highest BCUT2D eigenvalue weighted by Crippen LogP contribution is 2.15. The number of hydrogen-bond donors (Lipinski definition) is 1. The first-order valence-corrected chi connectivity index (χ1v) is 7.37. The van der Waals surface area contributed by atoms with E-state index in [0.29, 0.717) is 13.0 Å². The van der Waals surface area contributed by atoms with Gasteiger partial charge in [-0.15, -0.1) is 5.92 Å². The fourth-order valence-electron chi connectivity index (χ4n) is 1.83. The van der Waals surface area contributed by atoms with Crippen molar-refractivity contribution in [2.75, 3.05) is 13.7 Å². The van der Waals surface area contributed by atoms with Crippen molar-refractivity contribution in [3.05, 3.63) is 29.8 Å². The minimum absolute atomic E-state index is 0.242. The van der Waals surface area contributed by atoms with Crippen molar-refractivity contribution in [2.45, 2.75) is 45.8 Å². The third-order valence-electron chi connectivity index (χ3n) is 2.89. The lowest BCUT2D eigenvalue weighted by Crippen LogP contribution is -2.41. The molecule has 0 fully saturated rings. The summed E-state index contributed by atoms with van der Waals surface area (Å²) in [7, 11) is 1.76. The van der Waals surface area contributed by atoms with Crippen LogP contribution in [0.3, 0.4) is 0 Å². The topological polar surface area (TPSA) is 47.6 Å². The summed E-state index contributed by atoms with van der Waals surface area (Å²) < 4.78 is 10.9. The first-order chi connectivity index (χ1) is 10.4. The van der Waals surface area contributed by atoms with E-state index in [4.69, 9.17) is 9.47 Å². The molecule has 0 bridgehead atoms. The van der Waals surface area contributed by atoms with Crippen LogP contribution in [0, 0.1) is 11.8 Å². The first-order valence-electron chi connectivity index (χ1n) is 7.37. The van der Waals surface area contributed by atoms with Crippen LogP contribution in [0.25, 0.3) is 0 Å². The number of likely N-dealkylation sites (N-methyl/N-ethyl adjacent to an activating group) is 1. The molecular weight excluding hydrogens is 278 g/mol.